The van der Waals surface area contributed by atoms with Crippen molar-refractivity contribution in [3.63, 3.8) is 0 Å². The number of halogens is 1. The number of hydrogen-bond donors (Lipinski definition) is 1. The maximum atomic E-state index is 10.4. The Bertz CT molecular complexity index is 433. The minimum absolute atomic E-state index is 0. The molecule has 0 fully saturated rings. The van der Waals surface area contributed by atoms with Crippen molar-refractivity contribution < 1.29 is 49.3 Å². The number of carbonyl (C=O) groups excluding carboxylic acids is 1. The molecule has 0 saturated carbocycles. The van der Waals surface area contributed by atoms with Crippen molar-refractivity contribution in [2.45, 2.75) is 25.4 Å². The van der Waals surface area contributed by atoms with E-state index in [1.165, 1.54) is 0 Å². The van der Waals surface area contributed by atoms with Crippen molar-refractivity contribution in [2.24, 2.45) is 0 Å². The summed E-state index contributed by atoms with van der Waals surface area (Å²) in [4.78, 5) is 10.4. The number of carboxylic acids is 1. The number of carbonyl (C=O) groups is 1. The third-order valence-electron chi connectivity index (χ3n) is 2.62. The van der Waals surface area contributed by atoms with Crippen LogP contribution in [0.25, 0.3) is 0 Å². The first-order valence-corrected chi connectivity index (χ1v) is 6.35. The molecule has 0 heterocycles. The number of ether oxygens (including phenoxy) is 1. The third kappa shape index (κ3) is 7.31. The molecule has 0 bridgehead atoms. The van der Waals surface area contributed by atoms with Gasteiger partial charge in [-0.25, -0.2) is 0 Å². The van der Waals surface area contributed by atoms with E-state index in [2.05, 4.69) is 6.58 Å². The molecule has 1 N–H and O–H groups in total. The van der Waals surface area contributed by atoms with Gasteiger partial charge in [-0.05, 0) is 49.1 Å². The Hall–Kier alpha value is -0.520. The van der Waals surface area contributed by atoms with Gasteiger partial charge in [0.2, 0.25) is 0 Å². The zero-order chi connectivity index (χ0) is 14.3. The molecular weight excluding hydrogens is 291 g/mol. The van der Waals surface area contributed by atoms with Crippen LogP contribution in [0.4, 0.5) is 0 Å². The molecule has 0 amide bonds. The Morgan fingerprint density at radius 2 is 1.95 bits per heavy atom. The fraction of sp³-hybridized carbons (Fsp3) is 0.357. The van der Waals surface area contributed by atoms with Gasteiger partial charge in [0.05, 0.1) is 18.7 Å². The molecule has 1 unspecified atom stereocenters. The van der Waals surface area contributed by atoms with Crippen molar-refractivity contribution in [2.75, 3.05) is 6.61 Å². The second-order valence-corrected chi connectivity index (χ2v) is 4.56. The molecule has 0 aliphatic carbocycles. The summed E-state index contributed by atoms with van der Waals surface area (Å²) >= 11 is 5.74. The molecule has 0 spiro atoms. The van der Waals surface area contributed by atoms with Gasteiger partial charge >= 0.3 is 29.6 Å². The zero-order valence-electron chi connectivity index (χ0n) is 11.5. The fourth-order valence-electron chi connectivity index (χ4n) is 1.47. The standard InChI is InChI=1S/C14H17ClO4.Na/c1-10(14(17)18)13(16)4-2-3-9-19-12-7-5-11(15)6-8-12;/h5-8,13,16H,1-4,9H2,(H,17,18);/q;+1/p-1. The van der Waals surface area contributed by atoms with E-state index in [0.29, 0.717) is 30.9 Å². The van der Waals surface area contributed by atoms with Crippen molar-refractivity contribution in [3.8, 4) is 5.75 Å². The van der Waals surface area contributed by atoms with Crippen molar-refractivity contribution in [1.82, 2.24) is 0 Å². The number of carboxylic acid groups (broad SMARTS) is 1. The number of hydrogen-bond acceptors (Lipinski definition) is 4. The Labute approximate surface area is 145 Å². The van der Waals surface area contributed by atoms with Crippen LogP contribution in [-0.2, 0) is 4.79 Å². The fourth-order valence-corrected chi connectivity index (χ4v) is 1.60. The zero-order valence-corrected chi connectivity index (χ0v) is 14.2. The molecule has 0 aromatic heterocycles. The van der Waals surface area contributed by atoms with E-state index in [4.69, 9.17) is 16.3 Å². The molecule has 20 heavy (non-hydrogen) atoms. The molecule has 0 saturated heterocycles. The molecular formula is C14H16ClNaO4. The number of aliphatic hydroxyl groups is 1. The van der Waals surface area contributed by atoms with E-state index in [9.17, 15) is 15.0 Å². The quantitative estimate of drug-likeness (QED) is 0.363. The Morgan fingerprint density at radius 1 is 1.35 bits per heavy atom. The maximum Gasteiger partial charge on any atom is 1.00 e. The molecule has 1 atom stereocenters. The van der Waals surface area contributed by atoms with Crippen LogP contribution in [0.3, 0.4) is 0 Å². The monoisotopic (exact) mass is 306 g/mol. The molecule has 1 aromatic carbocycles. The number of aliphatic carboxylic acids is 1. The van der Waals surface area contributed by atoms with E-state index >= 15 is 0 Å². The van der Waals surface area contributed by atoms with Gasteiger partial charge in [-0.1, -0.05) is 18.2 Å². The van der Waals surface area contributed by atoms with E-state index in [1.807, 2.05) is 0 Å². The van der Waals surface area contributed by atoms with Crippen LogP contribution in [0, 0.1) is 0 Å². The van der Waals surface area contributed by atoms with E-state index in [1.54, 1.807) is 24.3 Å². The van der Waals surface area contributed by atoms with Gasteiger partial charge in [0.15, 0.2) is 0 Å². The number of benzene rings is 1. The molecule has 6 heteroatoms. The first kappa shape index (κ1) is 19.5. The number of rotatable bonds is 8. The van der Waals surface area contributed by atoms with Gasteiger partial charge in [0.1, 0.15) is 5.75 Å². The van der Waals surface area contributed by atoms with Gasteiger partial charge in [-0.3, -0.25) is 0 Å². The summed E-state index contributed by atoms with van der Waals surface area (Å²) in [5.41, 5.74) is -0.279. The van der Waals surface area contributed by atoms with Crippen LogP contribution in [0.1, 0.15) is 19.3 Å². The SMILES string of the molecule is C=C(C(=O)[O-])C(O)CCCCOc1ccc(Cl)cc1.[Na+]. The van der Waals surface area contributed by atoms with Crippen LogP contribution in [0.15, 0.2) is 36.4 Å². The van der Waals surface area contributed by atoms with Crippen molar-refractivity contribution in [3.05, 3.63) is 41.4 Å². The van der Waals surface area contributed by atoms with Gasteiger partial charge in [-0.15, -0.1) is 0 Å². The van der Waals surface area contributed by atoms with Crippen molar-refractivity contribution in [1.29, 1.82) is 0 Å². The topological polar surface area (TPSA) is 69.6 Å². The normalized spacial score (nSPS) is 11.3. The number of aliphatic hydroxyl groups excluding tert-OH is 1. The summed E-state index contributed by atoms with van der Waals surface area (Å²) in [6.45, 7) is 3.75. The summed E-state index contributed by atoms with van der Waals surface area (Å²) < 4.78 is 5.46. The van der Waals surface area contributed by atoms with Gasteiger partial charge in [0, 0.05) is 5.02 Å². The summed E-state index contributed by atoms with van der Waals surface area (Å²) in [6, 6.07) is 7.03. The molecule has 1 rings (SSSR count). The Kier molecular flexibility index (Phi) is 9.98. The second kappa shape index (κ2) is 10.2. The van der Waals surface area contributed by atoms with Gasteiger partial charge in [0.25, 0.3) is 0 Å². The summed E-state index contributed by atoms with van der Waals surface area (Å²) in [6.07, 6.45) is 0.623. The average molecular weight is 307 g/mol. The molecule has 0 radical (unpaired) electrons. The summed E-state index contributed by atoms with van der Waals surface area (Å²) in [5, 5.41) is 20.5. The smallest absolute Gasteiger partial charge is 0.545 e. The van der Waals surface area contributed by atoms with E-state index < -0.39 is 12.1 Å². The van der Waals surface area contributed by atoms with Crippen LogP contribution in [0.5, 0.6) is 5.75 Å². The first-order chi connectivity index (χ1) is 9.00. The summed E-state index contributed by atoms with van der Waals surface area (Å²) in [7, 11) is 0. The van der Waals surface area contributed by atoms with Gasteiger partial charge in [-0.2, -0.15) is 0 Å². The van der Waals surface area contributed by atoms with Crippen LogP contribution in [0.2, 0.25) is 5.02 Å². The summed E-state index contributed by atoms with van der Waals surface area (Å²) in [5.74, 6) is -0.686. The molecule has 4 nitrogen and oxygen atoms in total. The number of unbranched alkanes of at least 4 members (excludes halogenated alkanes) is 1. The van der Waals surface area contributed by atoms with Crippen LogP contribution >= 0.6 is 11.6 Å². The molecule has 0 aliphatic heterocycles. The third-order valence-corrected chi connectivity index (χ3v) is 2.87. The average Bonchev–Trinajstić information content (AvgIpc) is 2.39. The van der Waals surface area contributed by atoms with Gasteiger partial charge < -0.3 is 19.7 Å². The molecule has 0 aliphatic rings. The first-order valence-electron chi connectivity index (χ1n) is 5.97. The minimum atomic E-state index is -1.41. The predicted molar refractivity (Wildman–Crippen MR) is 71.0 cm³/mol. The predicted octanol–water partition coefficient (Wildman–Crippen LogP) is -1.44. The van der Waals surface area contributed by atoms with E-state index in [-0.39, 0.29) is 35.1 Å². The van der Waals surface area contributed by atoms with Crippen LogP contribution < -0.4 is 39.4 Å². The second-order valence-electron chi connectivity index (χ2n) is 4.13. The Morgan fingerprint density at radius 3 is 2.50 bits per heavy atom. The van der Waals surface area contributed by atoms with E-state index in [0.717, 1.165) is 5.75 Å². The minimum Gasteiger partial charge on any atom is -0.545 e. The molecule has 104 valence electrons. The van der Waals surface area contributed by atoms with Crippen LogP contribution in [-0.4, -0.2) is 23.8 Å². The molecule has 1 aromatic rings. The Balaban J connectivity index is 0.00000361. The maximum absolute atomic E-state index is 10.4. The largest absolute Gasteiger partial charge is 1.00 e. The van der Waals surface area contributed by atoms with Crippen molar-refractivity contribution >= 4 is 17.6 Å².